The molecule has 1 unspecified atom stereocenters. The molecule has 3 nitrogen and oxygen atoms in total. The van der Waals surface area contributed by atoms with Crippen LogP contribution in [0.15, 0.2) is 11.1 Å². The maximum Gasteiger partial charge on any atom is 0.0793 e. The highest BCUT2D eigenvalue weighted by Gasteiger charge is 2.04. The Morgan fingerprint density at radius 3 is 2.50 bits per heavy atom. The fraction of sp³-hybridized carbons (Fsp3) is 0.500. The van der Waals surface area contributed by atoms with E-state index in [9.17, 15) is 4.21 Å². The Morgan fingerprint density at radius 2 is 2.30 bits per heavy atom. The smallest absolute Gasteiger partial charge is 0.0793 e. The first-order valence-electron chi connectivity index (χ1n) is 2.95. The van der Waals surface area contributed by atoms with Gasteiger partial charge in [0.1, 0.15) is 0 Å². The van der Waals surface area contributed by atoms with E-state index in [2.05, 4.69) is 5.10 Å². The third-order valence-electron chi connectivity index (χ3n) is 1.28. The summed E-state index contributed by atoms with van der Waals surface area (Å²) < 4.78 is 12.6. The second kappa shape index (κ2) is 2.54. The van der Waals surface area contributed by atoms with Gasteiger partial charge in [-0.3, -0.25) is 8.89 Å². The van der Waals surface area contributed by atoms with Gasteiger partial charge in [-0.15, -0.1) is 0 Å². The molecule has 0 aromatic carbocycles. The van der Waals surface area contributed by atoms with Gasteiger partial charge in [-0.2, -0.15) is 5.10 Å². The maximum atomic E-state index is 10.9. The molecule has 0 amide bonds. The minimum absolute atomic E-state index is 0.822. The Labute approximate surface area is 62.5 Å². The SMILES string of the molecule is Cc1nn(C)cc1S(C)=O. The van der Waals surface area contributed by atoms with Crippen molar-refractivity contribution in [3.63, 3.8) is 0 Å². The third-order valence-corrected chi connectivity index (χ3v) is 2.30. The van der Waals surface area contributed by atoms with Crippen molar-refractivity contribution < 1.29 is 4.21 Å². The van der Waals surface area contributed by atoms with Crippen LogP contribution in [0.3, 0.4) is 0 Å². The van der Waals surface area contributed by atoms with Crippen molar-refractivity contribution in [3.8, 4) is 0 Å². The second-order valence-corrected chi connectivity index (χ2v) is 3.55. The lowest BCUT2D eigenvalue weighted by Gasteiger charge is -1.86. The van der Waals surface area contributed by atoms with Crippen LogP contribution in [0, 0.1) is 6.92 Å². The first-order valence-corrected chi connectivity index (χ1v) is 4.50. The highest BCUT2D eigenvalue weighted by atomic mass is 32.2. The largest absolute Gasteiger partial charge is 0.274 e. The van der Waals surface area contributed by atoms with E-state index >= 15 is 0 Å². The van der Waals surface area contributed by atoms with E-state index in [1.54, 1.807) is 17.1 Å². The van der Waals surface area contributed by atoms with E-state index in [0.29, 0.717) is 0 Å². The van der Waals surface area contributed by atoms with Crippen LogP contribution in [0.4, 0.5) is 0 Å². The van der Waals surface area contributed by atoms with Crippen LogP contribution in [-0.2, 0) is 17.8 Å². The van der Waals surface area contributed by atoms with E-state index in [1.165, 1.54) is 0 Å². The molecule has 1 rings (SSSR count). The highest BCUT2D eigenvalue weighted by molar-refractivity contribution is 7.84. The first-order chi connectivity index (χ1) is 4.61. The van der Waals surface area contributed by atoms with Gasteiger partial charge < -0.3 is 0 Å². The van der Waals surface area contributed by atoms with E-state index < -0.39 is 10.8 Å². The quantitative estimate of drug-likeness (QED) is 0.595. The van der Waals surface area contributed by atoms with E-state index in [4.69, 9.17) is 0 Å². The first kappa shape index (κ1) is 7.47. The van der Waals surface area contributed by atoms with Gasteiger partial charge >= 0.3 is 0 Å². The lowest BCUT2D eigenvalue weighted by atomic mass is 10.5. The molecule has 0 saturated carbocycles. The van der Waals surface area contributed by atoms with E-state index in [0.717, 1.165) is 10.6 Å². The van der Waals surface area contributed by atoms with Crippen molar-refractivity contribution in [2.24, 2.45) is 7.05 Å². The zero-order valence-corrected chi connectivity index (χ0v) is 7.10. The molecule has 4 heteroatoms. The summed E-state index contributed by atoms with van der Waals surface area (Å²) in [4.78, 5) is 0.822. The lowest BCUT2D eigenvalue weighted by molar-refractivity contribution is 0.686. The van der Waals surface area contributed by atoms with Gasteiger partial charge in [-0.25, -0.2) is 0 Å². The number of aromatic nitrogens is 2. The molecule has 1 aromatic heterocycles. The van der Waals surface area contributed by atoms with Gasteiger partial charge in [-0.1, -0.05) is 0 Å². The van der Waals surface area contributed by atoms with Crippen LogP contribution in [0.25, 0.3) is 0 Å². The number of aryl methyl sites for hydroxylation is 2. The predicted molar refractivity (Wildman–Crippen MR) is 40.3 cm³/mol. The molecular formula is C6H10N2OS. The van der Waals surface area contributed by atoms with Crippen LogP contribution in [-0.4, -0.2) is 20.2 Å². The van der Waals surface area contributed by atoms with Crippen molar-refractivity contribution in [1.82, 2.24) is 9.78 Å². The molecule has 0 aliphatic heterocycles. The van der Waals surface area contributed by atoms with Gasteiger partial charge in [-0.05, 0) is 6.92 Å². The van der Waals surface area contributed by atoms with Gasteiger partial charge in [0.05, 0.1) is 21.4 Å². The van der Waals surface area contributed by atoms with E-state index in [1.807, 2.05) is 14.0 Å². The Kier molecular flexibility index (Phi) is 1.89. The molecule has 0 spiro atoms. The molecule has 0 aliphatic carbocycles. The third kappa shape index (κ3) is 1.26. The van der Waals surface area contributed by atoms with Crippen molar-refractivity contribution in [2.45, 2.75) is 11.8 Å². The number of hydrogen-bond donors (Lipinski definition) is 0. The molecule has 56 valence electrons. The monoisotopic (exact) mass is 158 g/mol. The molecule has 1 heterocycles. The molecule has 0 bridgehead atoms. The molecule has 0 fully saturated rings. The summed E-state index contributed by atoms with van der Waals surface area (Å²) in [6.07, 6.45) is 3.44. The number of nitrogens with zero attached hydrogens (tertiary/aromatic N) is 2. The zero-order chi connectivity index (χ0) is 7.72. The summed E-state index contributed by atoms with van der Waals surface area (Å²) in [7, 11) is 0.920. The van der Waals surface area contributed by atoms with Crippen molar-refractivity contribution >= 4 is 10.8 Å². The summed E-state index contributed by atoms with van der Waals surface area (Å²) in [5.41, 5.74) is 0.850. The average molecular weight is 158 g/mol. The van der Waals surface area contributed by atoms with Gasteiger partial charge in [0, 0.05) is 19.5 Å². The summed E-state index contributed by atoms with van der Waals surface area (Å²) in [6.45, 7) is 1.86. The van der Waals surface area contributed by atoms with Crippen LogP contribution in [0.2, 0.25) is 0 Å². The molecule has 0 radical (unpaired) electrons. The molecule has 0 N–H and O–H groups in total. The van der Waals surface area contributed by atoms with Gasteiger partial charge in [0.2, 0.25) is 0 Å². The average Bonchev–Trinajstić information content (AvgIpc) is 2.10. The van der Waals surface area contributed by atoms with Gasteiger partial charge in [0.15, 0.2) is 0 Å². The van der Waals surface area contributed by atoms with Crippen LogP contribution in [0.5, 0.6) is 0 Å². The standard InChI is InChI=1S/C6H10N2OS/c1-5-6(10(3)9)4-8(2)7-5/h4H,1-3H3. The Morgan fingerprint density at radius 1 is 1.70 bits per heavy atom. The van der Waals surface area contributed by atoms with Crippen molar-refractivity contribution in [3.05, 3.63) is 11.9 Å². The molecular weight excluding hydrogens is 148 g/mol. The van der Waals surface area contributed by atoms with Crippen LogP contribution >= 0.6 is 0 Å². The molecule has 10 heavy (non-hydrogen) atoms. The highest BCUT2D eigenvalue weighted by Crippen LogP contribution is 2.07. The maximum absolute atomic E-state index is 10.9. The molecule has 1 atom stereocenters. The minimum atomic E-state index is -0.903. The predicted octanol–water partition coefficient (Wildman–Crippen LogP) is 0.466. The Bertz CT molecular complexity index is 267. The molecule has 1 aromatic rings. The Balaban J connectivity index is 3.15. The van der Waals surface area contributed by atoms with Gasteiger partial charge in [0.25, 0.3) is 0 Å². The summed E-state index contributed by atoms with van der Waals surface area (Å²) >= 11 is 0. The van der Waals surface area contributed by atoms with E-state index in [-0.39, 0.29) is 0 Å². The second-order valence-electron chi connectivity index (χ2n) is 2.21. The molecule has 0 aliphatic rings. The number of rotatable bonds is 1. The summed E-state index contributed by atoms with van der Waals surface area (Å²) in [5, 5.41) is 4.06. The van der Waals surface area contributed by atoms with Crippen LogP contribution < -0.4 is 0 Å². The lowest BCUT2D eigenvalue weighted by Crippen LogP contribution is -1.86. The van der Waals surface area contributed by atoms with Crippen molar-refractivity contribution in [2.75, 3.05) is 6.26 Å². The fourth-order valence-electron chi connectivity index (χ4n) is 0.860. The normalized spacial score (nSPS) is 13.5. The number of hydrogen-bond acceptors (Lipinski definition) is 2. The molecule has 0 saturated heterocycles. The topological polar surface area (TPSA) is 34.9 Å². The summed E-state index contributed by atoms with van der Waals surface area (Å²) in [6, 6.07) is 0. The van der Waals surface area contributed by atoms with Crippen LogP contribution in [0.1, 0.15) is 5.69 Å². The Hall–Kier alpha value is -0.640. The zero-order valence-electron chi connectivity index (χ0n) is 6.29. The minimum Gasteiger partial charge on any atom is -0.274 e. The van der Waals surface area contributed by atoms with Crippen molar-refractivity contribution in [1.29, 1.82) is 0 Å². The fourth-order valence-corrected chi connectivity index (χ4v) is 1.62. The summed E-state index contributed by atoms with van der Waals surface area (Å²) in [5.74, 6) is 0.